The van der Waals surface area contributed by atoms with E-state index in [9.17, 15) is 4.79 Å². The van der Waals surface area contributed by atoms with Gasteiger partial charge in [0.25, 0.3) is 0 Å². The van der Waals surface area contributed by atoms with Crippen molar-refractivity contribution in [2.45, 2.75) is 29.9 Å². The lowest BCUT2D eigenvalue weighted by atomic mass is 9.77. The second-order valence-corrected chi connectivity index (χ2v) is 5.65. The van der Waals surface area contributed by atoms with E-state index in [2.05, 4.69) is 9.98 Å². The lowest BCUT2D eigenvalue weighted by molar-refractivity contribution is -0.166. The Bertz CT molecular complexity index is 548. The molecule has 1 saturated heterocycles. The lowest BCUT2D eigenvalue weighted by Gasteiger charge is -2.48. The van der Waals surface area contributed by atoms with Crippen LogP contribution < -0.4 is 0 Å². The van der Waals surface area contributed by atoms with Crippen molar-refractivity contribution in [1.29, 1.82) is 0 Å². The van der Waals surface area contributed by atoms with Crippen molar-refractivity contribution in [2.24, 2.45) is 4.99 Å². The molecule has 4 heterocycles. The van der Waals surface area contributed by atoms with Gasteiger partial charge in [0.15, 0.2) is 5.60 Å². The Morgan fingerprint density at radius 1 is 1.50 bits per heavy atom. The second-order valence-electron chi connectivity index (χ2n) is 4.67. The first kappa shape index (κ1) is 11.9. The van der Waals surface area contributed by atoms with E-state index >= 15 is 0 Å². The van der Waals surface area contributed by atoms with Crippen LogP contribution >= 0.6 is 23.2 Å². The highest BCUT2D eigenvalue weighted by molar-refractivity contribution is 6.68. The number of hydrogen-bond donors (Lipinski definition) is 0. The Labute approximate surface area is 114 Å². The number of pyridine rings is 1. The quantitative estimate of drug-likeness (QED) is 0.452. The first-order valence-electron chi connectivity index (χ1n) is 5.55. The third-order valence-corrected chi connectivity index (χ3v) is 4.34. The topological polar surface area (TPSA) is 51.5 Å². The zero-order valence-electron chi connectivity index (χ0n) is 9.56. The van der Waals surface area contributed by atoms with Gasteiger partial charge >= 0.3 is 5.97 Å². The van der Waals surface area contributed by atoms with Crippen LogP contribution in [0.5, 0.6) is 0 Å². The number of hydrogen-bond acceptors (Lipinski definition) is 4. The molecule has 0 N–H and O–H groups in total. The van der Waals surface area contributed by atoms with Gasteiger partial charge in [-0.15, -0.1) is 0 Å². The summed E-state index contributed by atoms with van der Waals surface area (Å²) in [5.41, 5.74) is -0.172. The van der Waals surface area contributed by atoms with Gasteiger partial charge in [0.05, 0.1) is 5.92 Å². The smallest absolute Gasteiger partial charge is 0.350 e. The number of carbonyl (C=O) groups is 1. The van der Waals surface area contributed by atoms with E-state index in [1.165, 1.54) is 0 Å². The Morgan fingerprint density at radius 3 is 2.94 bits per heavy atom. The zero-order chi connectivity index (χ0) is 13.0. The van der Waals surface area contributed by atoms with Crippen molar-refractivity contribution in [3.05, 3.63) is 30.1 Å². The van der Waals surface area contributed by atoms with Crippen LogP contribution in [0.3, 0.4) is 0 Å². The summed E-state index contributed by atoms with van der Waals surface area (Å²) in [5, 5.41) is 0.221. The van der Waals surface area contributed by atoms with E-state index < -0.39 is 16.6 Å². The lowest BCUT2D eigenvalue weighted by Crippen LogP contribution is -2.60. The molecule has 1 aromatic rings. The molecular formula is C12H10Cl2N2O2. The minimum absolute atomic E-state index is 0.182. The van der Waals surface area contributed by atoms with Gasteiger partial charge < -0.3 is 4.74 Å². The minimum atomic E-state index is -1.41. The van der Waals surface area contributed by atoms with Crippen molar-refractivity contribution in [1.82, 2.24) is 4.98 Å². The van der Waals surface area contributed by atoms with Crippen LogP contribution in [0.4, 0.5) is 0 Å². The molecule has 0 saturated carbocycles. The largest absolute Gasteiger partial charge is 0.448 e. The van der Waals surface area contributed by atoms with Gasteiger partial charge in [-0.1, -0.05) is 29.3 Å². The Morgan fingerprint density at radius 2 is 2.28 bits per heavy atom. The fraction of sp³-hybridized carbons (Fsp3) is 0.417. The number of aromatic nitrogens is 1. The molecule has 3 aliphatic rings. The fourth-order valence-electron chi connectivity index (χ4n) is 2.40. The molecule has 4 nitrogen and oxygen atoms in total. The molecule has 6 heteroatoms. The first-order valence-corrected chi connectivity index (χ1v) is 6.30. The predicted molar refractivity (Wildman–Crippen MR) is 68.0 cm³/mol. The van der Waals surface area contributed by atoms with E-state index in [1.807, 2.05) is 18.2 Å². The third-order valence-electron chi connectivity index (χ3n) is 3.49. The van der Waals surface area contributed by atoms with Gasteiger partial charge in [-0.2, -0.15) is 0 Å². The third kappa shape index (κ3) is 1.49. The van der Waals surface area contributed by atoms with Crippen molar-refractivity contribution >= 4 is 34.3 Å². The molecular weight excluding hydrogens is 275 g/mol. The SMILES string of the molecule is C[C@@]12OC(=O)[C@@](Cl)(C[C@@H]1c1ccccn1)N=C2Cl. The average molecular weight is 285 g/mol. The average Bonchev–Trinajstić information content (AvgIpc) is 2.34. The molecule has 0 amide bonds. The monoisotopic (exact) mass is 284 g/mol. The summed E-state index contributed by atoms with van der Waals surface area (Å²) in [6, 6.07) is 5.57. The highest BCUT2D eigenvalue weighted by atomic mass is 35.5. The van der Waals surface area contributed by atoms with E-state index in [1.54, 1.807) is 13.1 Å². The molecule has 0 unspecified atom stereocenters. The number of carbonyl (C=O) groups excluding carboxylic acids is 1. The predicted octanol–water partition coefficient (Wildman–Crippen LogP) is 2.46. The Balaban J connectivity index is 2.11. The molecule has 1 fully saturated rings. The Hall–Kier alpha value is -1.13. The van der Waals surface area contributed by atoms with E-state index in [0.717, 1.165) is 5.69 Å². The number of alkyl halides is 1. The van der Waals surface area contributed by atoms with Crippen molar-refractivity contribution in [2.75, 3.05) is 0 Å². The maximum atomic E-state index is 11.8. The normalized spacial score (nSPS) is 38.3. The van der Waals surface area contributed by atoms with E-state index in [-0.39, 0.29) is 11.1 Å². The van der Waals surface area contributed by atoms with Crippen LogP contribution in [0.25, 0.3) is 0 Å². The Kier molecular flexibility index (Phi) is 2.44. The standard InChI is InChI=1S/C12H10Cl2N2O2/c1-11-7(8-4-2-3-5-15-8)6-12(14,10(17)18-11)16-9(11)13/h2-5,7H,6H2,1H3/t7-,11-,12-/m1/s1. The van der Waals surface area contributed by atoms with Crippen LogP contribution in [0, 0.1) is 0 Å². The van der Waals surface area contributed by atoms with E-state index in [4.69, 9.17) is 27.9 Å². The number of rotatable bonds is 1. The number of esters is 1. The van der Waals surface area contributed by atoms with Gasteiger partial charge in [-0.05, 0) is 19.1 Å². The first-order chi connectivity index (χ1) is 8.46. The van der Waals surface area contributed by atoms with Crippen LogP contribution in [-0.2, 0) is 9.53 Å². The number of halogens is 2. The fourth-order valence-corrected chi connectivity index (χ4v) is 3.04. The molecule has 2 bridgehead atoms. The molecule has 0 spiro atoms. The highest BCUT2D eigenvalue weighted by Crippen LogP contribution is 2.51. The van der Waals surface area contributed by atoms with E-state index in [0.29, 0.717) is 6.42 Å². The van der Waals surface area contributed by atoms with Crippen LogP contribution in [0.15, 0.2) is 29.4 Å². The maximum absolute atomic E-state index is 11.8. The molecule has 4 rings (SSSR count). The number of aliphatic imine (C=N–C) groups is 1. The van der Waals surface area contributed by atoms with Gasteiger partial charge in [-0.25, -0.2) is 9.79 Å². The summed E-state index contributed by atoms with van der Waals surface area (Å²) < 4.78 is 5.38. The van der Waals surface area contributed by atoms with Crippen molar-refractivity contribution in [3.8, 4) is 0 Å². The van der Waals surface area contributed by atoms with Crippen LogP contribution in [-0.4, -0.2) is 26.7 Å². The molecule has 0 aliphatic carbocycles. The van der Waals surface area contributed by atoms with Gasteiger partial charge in [0.1, 0.15) is 5.17 Å². The minimum Gasteiger partial charge on any atom is -0.448 e. The molecule has 3 aliphatic heterocycles. The van der Waals surface area contributed by atoms with Gasteiger partial charge in [0, 0.05) is 18.3 Å². The molecule has 18 heavy (non-hydrogen) atoms. The molecule has 0 aromatic carbocycles. The van der Waals surface area contributed by atoms with Gasteiger partial charge in [-0.3, -0.25) is 4.98 Å². The van der Waals surface area contributed by atoms with Crippen molar-refractivity contribution in [3.63, 3.8) is 0 Å². The number of ether oxygens (including phenoxy) is 1. The summed E-state index contributed by atoms with van der Waals surface area (Å²) in [7, 11) is 0. The summed E-state index contributed by atoms with van der Waals surface area (Å²) in [6.45, 7) is 1.74. The molecule has 1 aromatic heterocycles. The number of fused-ring (bicyclic) bond motifs is 2. The summed E-state index contributed by atoms with van der Waals surface area (Å²) in [6.07, 6.45) is 2.03. The summed E-state index contributed by atoms with van der Waals surface area (Å²) in [4.78, 5) is 18.7. The number of nitrogens with zero attached hydrogens (tertiary/aromatic N) is 2. The second kappa shape index (κ2) is 3.68. The zero-order valence-corrected chi connectivity index (χ0v) is 11.1. The van der Waals surface area contributed by atoms with Gasteiger partial charge in [0.2, 0.25) is 5.00 Å². The summed E-state index contributed by atoms with van der Waals surface area (Å²) in [5.74, 6) is -0.720. The molecule has 94 valence electrons. The maximum Gasteiger partial charge on any atom is 0.350 e. The highest BCUT2D eigenvalue weighted by Gasteiger charge is 2.61. The van der Waals surface area contributed by atoms with Crippen LogP contribution in [0.2, 0.25) is 0 Å². The van der Waals surface area contributed by atoms with Crippen LogP contribution in [0.1, 0.15) is 25.0 Å². The van der Waals surface area contributed by atoms with Crippen molar-refractivity contribution < 1.29 is 9.53 Å². The molecule has 0 radical (unpaired) electrons. The summed E-state index contributed by atoms with van der Waals surface area (Å²) >= 11 is 12.3. The molecule has 3 atom stereocenters.